The van der Waals surface area contributed by atoms with Crippen LogP contribution in [-0.2, 0) is 20.8 Å². The summed E-state index contributed by atoms with van der Waals surface area (Å²) in [6, 6.07) is 15.4. The number of rotatable bonds is 22. The molecule has 0 fully saturated rings. The van der Waals surface area contributed by atoms with Gasteiger partial charge in [0.05, 0.1) is 26.9 Å². The van der Waals surface area contributed by atoms with Crippen molar-refractivity contribution in [3.8, 4) is 17.2 Å². The fourth-order valence-electron chi connectivity index (χ4n) is 4.30. The van der Waals surface area contributed by atoms with Crippen LogP contribution in [0.15, 0.2) is 48.5 Å². The third-order valence-electron chi connectivity index (χ3n) is 6.75. The molecule has 0 spiro atoms. The summed E-state index contributed by atoms with van der Waals surface area (Å²) in [5.74, 6) is 2.26. The Morgan fingerprint density at radius 2 is 1.55 bits per heavy atom. The Kier molecular flexibility index (Phi) is 16.9. The van der Waals surface area contributed by atoms with Crippen LogP contribution in [0.2, 0.25) is 0 Å². The fourth-order valence-corrected chi connectivity index (χ4v) is 4.30. The lowest BCUT2D eigenvalue weighted by Crippen LogP contribution is -2.42. The molecule has 0 N–H and O–H groups in total. The van der Waals surface area contributed by atoms with E-state index >= 15 is 0 Å². The second kappa shape index (κ2) is 20.2. The van der Waals surface area contributed by atoms with E-state index in [2.05, 4.69) is 37.8 Å². The summed E-state index contributed by atoms with van der Waals surface area (Å²) >= 11 is 0. The van der Waals surface area contributed by atoms with E-state index in [1.807, 2.05) is 43.3 Å². The summed E-state index contributed by atoms with van der Waals surface area (Å²) in [6.07, 6.45) is 6.37. The molecule has 2 aromatic carbocycles. The molecular formula is C33H51NO6. The molecule has 2 atom stereocenters. The summed E-state index contributed by atoms with van der Waals surface area (Å²) in [4.78, 5) is 15.3. The molecule has 0 aliphatic rings. The molecule has 224 valence electrons. The Morgan fingerprint density at radius 1 is 0.825 bits per heavy atom. The minimum absolute atomic E-state index is 0.00949. The van der Waals surface area contributed by atoms with Gasteiger partial charge in [0.15, 0.2) is 0 Å². The Bertz CT molecular complexity index is 935. The van der Waals surface area contributed by atoms with Gasteiger partial charge >= 0.3 is 5.97 Å². The zero-order valence-corrected chi connectivity index (χ0v) is 25.4. The number of esters is 1. The van der Waals surface area contributed by atoms with Gasteiger partial charge in [-0.1, -0.05) is 52.7 Å². The number of benzene rings is 2. The number of carbonyl (C=O) groups excluding carboxylic acids is 1. The van der Waals surface area contributed by atoms with Crippen molar-refractivity contribution < 1.29 is 28.5 Å². The first kappa shape index (κ1) is 33.4. The predicted molar refractivity (Wildman–Crippen MR) is 160 cm³/mol. The highest BCUT2D eigenvalue weighted by atomic mass is 16.5. The molecule has 7 nitrogen and oxygen atoms in total. The lowest BCUT2D eigenvalue weighted by Gasteiger charge is -2.30. The van der Waals surface area contributed by atoms with Crippen molar-refractivity contribution in [1.82, 2.24) is 4.90 Å². The maximum absolute atomic E-state index is 13.0. The highest BCUT2D eigenvalue weighted by Crippen LogP contribution is 2.21. The number of carbonyl (C=O) groups is 1. The summed E-state index contributed by atoms with van der Waals surface area (Å²) in [7, 11) is 1.65. The molecule has 0 aliphatic heterocycles. The number of hydrogen-bond acceptors (Lipinski definition) is 7. The van der Waals surface area contributed by atoms with E-state index in [-0.39, 0.29) is 18.1 Å². The smallest absolute Gasteiger partial charge is 0.323 e. The van der Waals surface area contributed by atoms with Crippen LogP contribution in [0.1, 0.15) is 78.2 Å². The number of nitrogens with zero attached hydrogens (tertiary/aromatic N) is 1. The zero-order valence-electron chi connectivity index (χ0n) is 25.4. The SMILES string of the molecule is CCCCOC[C@@H](CC)Oc1cccc(CN(CCCOc2ccc(OC)cc2)[C@H](CC)C(=O)OCCCC)c1. The van der Waals surface area contributed by atoms with Gasteiger partial charge in [-0.2, -0.15) is 0 Å². The topological polar surface area (TPSA) is 66.5 Å². The average Bonchev–Trinajstić information content (AvgIpc) is 2.97. The summed E-state index contributed by atoms with van der Waals surface area (Å²) < 4.78 is 28.9. The lowest BCUT2D eigenvalue weighted by molar-refractivity contribution is -0.150. The lowest BCUT2D eigenvalue weighted by atomic mass is 10.1. The van der Waals surface area contributed by atoms with Gasteiger partial charge < -0.3 is 23.7 Å². The van der Waals surface area contributed by atoms with E-state index in [9.17, 15) is 4.79 Å². The first-order valence-corrected chi connectivity index (χ1v) is 15.0. The molecule has 0 saturated carbocycles. The summed E-state index contributed by atoms with van der Waals surface area (Å²) in [6.45, 7) is 12.1. The molecule has 0 saturated heterocycles. The van der Waals surface area contributed by atoms with Gasteiger partial charge in [0.2, 0.25) is 0 Å². The Labute approximate surface area is 242 Å². The van der Waals surface area contributed by atoms with Crippen LogP contribution in [0, 0.1) is 0 Å². The van der Waals surface area contributed by atoms with Gasteiger partial charge in [0, 0.05) is 19.7 Å². The number of ether oxygens (including phenoxy) is 5. The van der Waals surface area contributed by atoms with Crippen molar-refractivity contribution in [3.05, 3.63) is 54.1 Å². The van der Waals surface area contributed by atoms with Crippen molar-refractivity contribution in [1.29, 1.82) is 0 Å². The van der Waals surface area contributed by atoms with E-state index in [0.717, 1.165) is 67.9 Å². The quantitative estimate of drug-likeness (QED) is 0.113. The molecule has 0 aromatic heterocycles. The molecule has 2 rings (SSSR count). The molecule has 0 amide bonds. The number of methoxy groups -OCH3 is 1. The van der Waals surface area contributed by atoms with Crippen LogP contribution in [0.5, 0.6) is 17.2 Å². The van der Waals surface area contributed by atoms with Crippen LogP contribution in [0.25, 0.3) is 0 Å². The Balaban J connectivity index is 2.05. The molecule has 7 heteroatoms. The second-order valence-electron chi connectivity index (χ2n) is 10.0. The van der Waals surface area contributed by atoms with Crippen molar-refractivity contribution in [2.24, 2.45) is 0 Å². The third-order valence-corrected chi connectivity index (χ3v) is 6.75. The van der Waals surface area contributed by atoms with E-state index in [0.29, 0.717) is 39.3 Å². The standard InChI is InChI=1S/C33H51NO6/c1-6-10-21-37-26-28(8-3)40-31-15-12-14-27(24-31)25-34(32(9-4)33(35)39-22-11-7-2)20-13-23-38-30-18-16-29(36-5)17-19-30/h12,14-19,24,28,32H,6-11,13,20-23,25-26H2,1-5H3/t28-,32-/m1/s1. The van der Waals surface area contributed by atoms with E-state index in [1.165, 1.54) is 0 Å². The Hall–Kier alpha value is -2.77. The Morgan fingerprint density at radius 3 is 2.23 bits per heavy atom. The van der Waals surface area contributed by atoms with Crippen LogP contribution in [0.4, 0.5) is 0 Å². The molecule has 0 unspecified atom stereocenters. The van der Waals surface area contributed by atoms with Crippen LogP contribution in [0.3, 0.4) is 0 Å². The largest absolute Gasteiger partial charge is 0.497 e. The molecule has 0 heterocycles. The highest BCUT2D eigenvalue weighted by Gasteiger charge is 2.26. The van der Waals surface area contributed by atoms with Gasteiger partial charge in [-0.25, -0.2) is 0 Å². The maximum Gasteiger partial charge on any atom is 0.323 e. The first-order chi connectivity index (χ1) is 19.5. The summed E-state index contributed by atoms with van der Waals surface area (Å²) in [5, 5.41) is 0. The normalized spacial score (nSPS) is 12.7. The summed E-state index contributed by atoms with van der Waals surface area (Å²) in [5.41, 5.74) is 1.09. The molecule has 0 aliphatic carbocycles. The molecular weight excluding hydrogens is 506 g/mol. The van der Waals surface area contributed by atoms with Gasteiger partial charge in [-0.3, -0.25) is 9.69 Å². The van der Waals surface area contributed by atoms with Gasteiger partial charge in [0.25, 0.3) is 0 Å². The number of unbranched alkanes of at least 4 members (excludes halogenated alkanes) is 2. The van der Waals surface area contributed by atoms with E-state index in [4.69, 9.17) is 23.7 Å². The number of hydrogen-bond donors (Lipinski definition) is 0. The van der Waals surface area contributed by atoms with Gasteiger partial charge in [0.1, 0.15) is 29.4 Å². The third kappa shape index (κ3) is 12.6. The second-order valence-corrected chi connectivity index (χ2v) is 10.0. The fraction of sp³-hybridized carbons (Fsp3) is 0.606. The molecule has 2 aromatic rings. The monoisotopic (exact) mass is 557 g/mol. The molecule has 0 bridgehead atoms. The zero-order chi connectivity index (χ0) is 29.0. The van der Waals surface area contributed by atoms with Crippen molar-refractivity contribution in [2.75, 3.05) is 40.1 Å². The van der Waals surface area contributed by atoms with Crippen molar-refractivity contribution in [3.63, 3.8) is 0 Å². The predicted octanol–water partition coefficient (Wildman–Crippen LogP) is 7.06. The van der Waals surface area contributed by atoms with Crippen molar-refractivity contribution >= 4 is 5.97 Å². The first-order valence-electron chi connectivity index (χ1n) is 15.0. The van der Waals surface area contributed by atoms with Gasteiger partial charge in [-0.15, -0.1) is 0 Å². The molecule has 0 radical (unpaired) electrons. The van der Waals surface area contributed by atoms with Crippen LogP contribution in [-0.4, -0.2) is 63.1 Å². The van der Waals surface area contributed by atoms with E-state index < -0.39 is 0 Å². The minimum atomic E-state index is -0.322. The highest BCUT2D eigenvalue weighted by molar-refractivity contribution is 5.75. The van der Waals surface area contributed by atoms with Crippen LogP contribution >= 0.6 is 0 Å². The molecule has 40 heavy (non-hydrogen) atoms. The van der Waals surface area contributed by atoms with E-state index in [1.54, 1.807) is 7.11 Å². The minimum Gasteiger partial charge on any atom is -0.497 e. The van der Waals surface area contributed by atoms with Gasteiger partial charge in [-0.05, 0) is 74.1 Å². The van der Waals surface area contributed by atoms with Crippen molar-refractivity contribution in [2.45, 2.75) is 91.3 Å². The average molecular weight is 558 g/mol. The van der Waals surface area contributed by atoms with Crippen LogP contribution < -0.4 is 14.2 Å². The maximum atomic E-state index is 13.0.